The first-order chi connectivity index (χ1) is 11.7. The molecule has 3 rings (SSSR count). The number of rotatable bonds is 4. The first-order valence-electron chi connectivity index (χ1n) is 7.51. The Labute approximate surface area is 145 Å². The normalized spacial score (nSPS) is 10.2. The van der Waals surface area contributed by atoms with E-state index in [4.69, 9.17) is 11.6 Å². The standard InChI is InChI=1S/C19H16ClN3O/c20-16-11-9-15(10-12-16)14-23(18-8-4-5-13-21-18)19(24)22-17-6-2-1-3-7-17/h1-13H,14H2,(H,22,24). The Hall–Kier alpha value is -2.85. The van der Waals surface area contributed by atoms with Gasteiger partial charge >= 0.3 is 6.03 Å². The van der Waals surface area contributed by atoms with Crippen LogP contribution in [0.2, 0.25) is 5.02 Å². The zero-order valence-corrected chi connectivity index (χ0v) is 13.6. The molecule has 0 saturated carbocycles. The molecular weight excluding hydrogens is 322 g/mol. The predicted molar refractivity (Wildman–Crippen MR) is 97.3 cm³/mol. The van der Waals surface area contributed by atoms with Crippen molar-refractivity contribution in [1.82, 2.24) is 4.98 Å². The summed E-state index contributed by atoms with van der Waals surface area (Å²) in [7, 11) is 0. The van der Waals surface area contributed by atoms with Crippen LogP contribution in [0.25, 0.3) is 0 Å². The number of hydrogen-bond donors (Lipinski definition) is 1. The summed E-state index contributed by atoms with van der Waals surface area (Å²) in [6.45, 7) is 0.396. The highest BCUT2D eigenvalue weighted by Gasteiger charge is 2.17. The molecule has 120 valence electrons. The van der Waals surface area contributed by atoms with Gasteiger partial charge < -0.3 is 5.32 Å². The second kappa shape index (κ2) is 7.62. The van der Waals surface area contributed by atoms with Crippen molar-refractivity contribution in [2.45, 2.75) is 6.54 Å². The van der Waals surface area contributed by atoms with Gasteiger partial charge in [0.2, 0.25) is 0 Å². The van der Waals surface area contributed by atoms with E-state index in [1.807, 2.05) is 66.7 Å². The Morgan fingerprint density at radius 3 is 2.33 bits per heavy atom. The van der Waals surface area contributed by atoms with E-state index < -0.39 is 0 Å². The van der Waals surface area contributed by atoms with Crippen LogP contribution in [-0.4, -0.2) is 11.0 Å². The number of halogens is 1. The van der Waals surface area contributed by atoms with Crippen LogP contribution in [0.5, 0.6) is 0 Å². The molecule has 1 aromatic heterocycles. The number of aromatic nitrogens is 1. The highest BCUT2D eigenvalue weighted by molar-refractivity contribution is 6.30. The average molecular weight is 338 g/mol. The molecule has 0 aliphatic rings. The molecule has 0 fully saturated rings. The maximum absolute atomic E-state index is 12.7. The maximum atomic E-state index is 12.7. The van der Waals surface area contributed by atoms with Crippen molar-refractivity contribution >= 4 is 29.1 Å². The molecule has 0 aliphatic heterocycles. The Kier molecular flexibility index (Phi) is 5.08. The summed E-state index contributed by atoms with van der Waals surface area (Å²) in [5.41, 5.74) is 1.70. The molecule has 1 N–H and O–H groups in total. The van der Waals surface area contributed by atoms with Gasteiger partial charge in [-0.25, -0.2) is 9.78 Å². The van der Waals surface area contributed by atoms with Gasteiger partial charge in [-0.05, 0) is 42.0 Å². The Balaban J connectivity index is 1.84. The lowest BCUT2D eigenvalue weighted by Crippen LogP contribution is -2.35. The number of pyridine rings is 1. The lowest BCUT2D eigenvalue weighted by molar-refractivity contribution is 0.256. The summed E-state index contributed by atoms with van der Waals surface area (Å²) < 4.78 is 0. The number of carbonyl (C=O) groups is 1. The molecule has 5 heteroatoms. The third-order valence-electron chi connectivity index (χ3n) is 3.45. The number of nitrogens with zero attached hydrogens (tertiary/aromatic N) is 2. The first-order valence-corrected chi connectivity index (χ1v) is 7.89. The molecule has 0 unspecified atom stereocenters. The summed E-state index contributed by atoms with van der Waals surface area (Å²) >= 11 is 5.93. The minimum Gasteiger partial charge on any atom is -0.307 e. The quantitative estimate of drug-likeness (QED) is 0.730. The van der Waals surface area contributed by atoms with Crippen LogP contribution in [0.3, 0.4) is 0 Å². The number of amides is 2. The molecule has 0 spiro atoms. The topological polar surface area (TPSA) is 45.2 Å². The fraction of sp³-hybridized carbons (Fsp3) is 0.0526. The fourth-order valence-electron chi connectivity index (χ4n) is 2.26. The number of anilines is 2. The van der Waals surface area contributed by atoms with Crippen LogP contribution in [0, 0.1) is 0 Å². The summed E-state index contributed by atoms with van der Waals surface area (Å²) in [5.74, 6) is 0.584. The maximum Gasteiger partial charge on any atom is 0.327 e. The van der Waals surface area contributed by atoms with Crippen molar-refractivity contribution in [3.63, 3.8) is 0 Å². The van der Waals surface area contributed by atoms with Gasteiger partial charge in [0.1, 0.15) is 5.82 Å². The molecule has 0 saturated heterocycles. The Bertz CT molecular complexity index is 792. The molecule has 2 aromatic carbocycles. The summed E-state index contributed by atoms with van der Waals surface area (Å²) in [5, 5.41) is 3.56. The van der Waals surface area contributed by atoms with E-state index in [0.29, 0.717) is 17.4 Å². The van der Waals surface area contributed by atoms with E-state index in [1.165, 1.54) is 0 Å². The van der Waals surface area contributed by atoms with Crippen LogP contribution < -0.4 is 10.2 Å². The number of para-hydroxylation sites is 1. The van der Waals surface area contributed by atoms with Gasteiger partial charge in [-0.2, -0.15) is 0 Å². The van der Waals surface area contributed by atoms with Crippen molar-refractivity contribution in [3.8, 4) is 0 Å². The van der Waals surface area contributed by atoms with Crippen molar-refractivity contribution in [2.75, 3.05) is 10.2 Å². The fourth-order valence-corrected chi connectivity index (χ4v) is 2.38. The summed E-state index contributed by atoms with van der Waals surface area (Å²) in [6.07, 6.45) is 1.67. The molecule has 3 aromatic rings. The number of benzene rings is 2. The van der Waals surface area contributed by atoms with Crippen molar-refractivity contribution in [1.29, 1.82) is 0 Å². The Morgan fingerprint density at radius 1 is 0.958 bits per heavy atom. The molecule has 0 atom stereocenters. The van der Waals surface area contributed by atoms with E-state index >= 15 is 0 Å². The molecular formula is C19H16ClN3O. The van der Waals surface area contributed by atoms with Gasteiger partial charge in [-0.15, -0.1) is 0 Å². The predicted octanol–water partition coefficient (Wildman–Crippen LogP) is 4.97. The lowest BCUT2D eigenvalue weighted by Gasteiger charge is -2.22. The third-order valence-corrected chi connectivity index (χ3v) is 3.70. The van der Waals surface area contributed by atoms with Gasteiger partial charge in [0, 0.05) is 16.9 Å². The number of nitrogens with one attached hydrogen (secondary N) is 1. The third kappa shape index (κ3) is 4.12. The van der Waals surface area contributed by atoms with Gasteiger partial charge in [0.25, 0.3) is 0 Å². The molecule has 0 radical (unpaired) electrons. The minimum absolute atomic E-state index is 0.241. The van der Waals surface area contributed by atoms with E-state index in [1.54, 1.807) is 17.2 Å². The average Bonchev–Trinajstić information content (AvgIpc) is 2.63. The van der Waals surface area contributed by atoms with Gasteiger partial charge in [-0.1, -0.05) is 48.0 Å². The zero-order chi connectivity index (χ0) is 16.8. The van der Waals surface area contributed by atoms with E-state index in [-0.39, 0.29) is 6.03 Å². The molecule has 0 aliphatic carbocycles. The van der Waals surface area contributed by atoms with Gasteiger partial charge in [0.05, 0.1) is 6.54 Å². The monoisotopic (exact) mass is 337 g/mol. The lowest BCUT2D eigenvalue weighted by atomic mass is 10.2. The Morgan fingerprint density at radius 2 is 1.67 bits per heavy atom. The van der Waals surface area contributed by atoms with Crippen LogP contribution in [0.15, 0.2) is 79.0 Å². The zero-order valence-electron chi connectivity index (χ0n) is 12.9. The molecule has 4 nitrogen and oxygen atoms in total. The number of carbonyl (C=O) groups excluding carboxylic acids is 1. The second-order valence-corrected chi connectivity index (χ2v) is 5.63. The summed E-state index contributed by atoms with van der Waals surface area (Å²) in [6, 6.07) is 22.0. The van der Waals surface area contributed by atoms with Gasteiger partial charge in [0.15, 0.2) is 0 Å². The van der Waals surface area contributed by atoms with Crippen LogP contribution >= 0.6 is 11.6 Å². The minimum atomic E-state index is -0.241. The van der Waals surface area contributed by atoms with Crippen LogP contribution in [-0.2, 0) is 6.54 Å². The summed E-state index contributed by atoms with van der Waals surface area (Å²) in [4.78, 5) is 18.6. The SMILES string of the molecule is O=C(Nc1ccccc1)N(Cc1ccc(Cl)cc1)c1ccccn1. The number of hydrogen-bond acceptors (Lipinski definition) is 2. The van der Waals surface area contributed by atoms with E-state index in [2.05, 4.69) is 10.3 Å². The highest BCUT2D eigenvalue weighted by atomic mass is 35.5. The highest BCUT2D eigenvalue weighted by Crippen LogP contribution is 2.18. The molecule has 2 amide bonds. The van der Waals surface area contributed by atoms with Crippen molar-refractivity contribution < 1.29 is 4.79 Å². The van der Waals surface area contributed by atoms with Crippen molar-refractivity contribution in [3.05, 3.63) is 89.6 Å². The van der Waals surface area contributed by atoms with Gasteiger partial charge in [-0.3, -0.25) is 4.90 Å². The van der Waals surface area contributed by atoms with Crippen LogP contribution in [0.1, 0.15) is 5.56 Å². The van der Waals surface area contributed by atoms with Crippen molar-refractivity contribution in [2.24, 2.45) is 0 Å². The molecule has 24 heavy (non-hydrogen) atoms. The molecule has 1 heterocycles. The van der Waals surface area contributed by atoms with Crippen LogP contribution in [0.4, 0.5) is 16.3 Å². The second-order valence-electron chi connectivity index (χ2n) is 5.20. The first kappa shape index (κ1) is 16.0. The molecule has 0 bridgehead atoms. The van der Waals surface area contributed by atoms with E-state index in [0.717, 1.165) is 11.3 Å². The smallest absolute Gasteiger partial charge is 0.307 e. The number of urea groups is 1. The van der Waals surface area contributed by atoms with E-state index in [9.17, 15) is 4.79 Å². The largest absolute Gasteiger partial charge is 0.327 e.